The van der Waals surface area contributed by atoms with Crippen LogP contribution in [0.15, 0.2) is 235 Å². The molecule has 0 fully saturated rings. The molecule has 3 nitrogen and oxygen atoms in total. The van der Waals surface area contributed by atoms with Gasteiger partial charge in [0.15, 0.2) is 0 Å². The first-order valence-corrected chi connectivity index (χ1v) is 20.9. The highest BCUT2D eigenvalue weighted by atomic mass is 16.3. The molecular formula is C58H38N2O. The van der Waals surface area contributed by atoms with E-state index in [4.69, 9.17) is 4.42 Å². The molecule has 0 saturated carbocycles. The highest BCUT2D eigenvalue weighted by Gasteiger charge is 2.26. The number of furan rings is 1. The standard InChI is InChI=1S/C58H38N2O/c1-3-18-39(19-4-1)44-28-15-20-40-21-16-29-49(57(40)44)45-25-8-13-33-53(45)60(51-31-11-7-24-43(51)41-36-37-48-47-27-10-14-35-55(47)61-56(48)38-41)54-34-17-30-50-46-26-9-12-32-52(46)59(58(50)54)42-22-5-2-6-23-42/h1-38H. The average Bonchev–Trinajstić information content (AvgIpc) is 3.88. The van der Waals surface area contributed by atoms with Gasteiger partial charge in [0.25, 0.3) is 0 Å². The molecule has 61 heavy (non-hydrogen) atoms. The van der Waals surface area contributed by atoms with E-state index in [-0.39, 0.29) is 0 Å². The normalized spacial score (nSPS) is 11.6. The van der Waals surface area contributed by atoms with Gasteiger partial charge in [-0.25, -0.2) is 0 Å². The number of fused-ring (bicyclic) bond motifs is 7. The van der Waals surface area contributed by atoms with Crippen molar-refractivity contribution in [3.8, 4) is 39.1 Å². The minimum absolute atomic E-state index is 0.871. The molecule has 286 valence electrons. The molecular weight excluding hydrogens is 741 g/mol. The fourth-order valence-electron chi connectivity index (χ4n) is 9.54. The molecule has 0 atom stereocenters. The molecule has 0 aliphatic carbocycles. The molecule has 0 aliphatic heterocycles. The zero-order chi connectivity index (χ0) is 40.3. The van der Waals surface area contributed by atoms with Gasteiger partial charge in [-0.15, -0.1) is 0 Å². The molecule has 3 heteroatoms. The van der Waals surface area contributed by atoms with Crippen molar-refractivity contribution >= 4 is 71.6 Å². The van der Waals surface area contributed by atoms with Gasteiger partial charge in [-0.1, -0.05) is 176 Å². The molecule has 0 saturated heterocycles. The van der Waals surface area contributed by atoms with Crippen molar-refractivity contribution < 1.29 is 4.42 Å². The molecule has 12 rings (SSSR count). The maximum absolute atomic E-state index is 6.49. The highest BCUT2D eigenvalue weighted by molar-refractivity contribution is 6.16. The van der Waals surface area contributed by atoms with Crippen LogP contribution in [0.2, 0.25) is 0 Å². The first-order valence-electron chi connectivity index (χ1n) is 20.9. The summed E-state index contributed by atoms with van der Waals surface area (Å²) in [5.74, 6) is 0. The molecule has 0 radical (unpaired) electrons. The lowest BCUT2D eigenvalue weighted by atomic mass is 9.90. The Morgan fingerprint density at radius 2 is 0.918 bits per heavy atom. The molecule has 0 aliphatic rings. The number of hydrogen-bond donors (Lipinski definition) is 0. The summed E-state index contributed by atoms with van der Waals surface area (Å²) in [5.41, 5.74) is 15.3. The molecule has 2 aromatic heterocycles. The highest BCUT2D eigenvalue weighted by Crippen LogP contribution is 2.50. The van der Waals surface area contributed by atoms with Crippen LogP contribution < -0.4 is 4.90 Å². The third-order valence-electron chi connectivity index (χ3n) is 12.2. The molecule has 0 amide bonds. The lowest BCUT2D eigenvalue weighted by molar-refractivity contribution is 0.669. The van der Waals surface area contributed by atoms with E-state index in [0.29, 0.717) is 0 Å². The topological polar surface area (TPSA) is 21.3 Å². The maximum Gasteiger partial charge on any atom is 0.136 e. The van der Waals surface area contributed by atoms with Crippen molar-refractivity contribution in [2.75, 3.05) is 4.90 Å². The Morgan fingerprint density at radius 1 is 0.344 bits per heavy atom. The van der Waals surface area contributed by atoms with Gasteiger partial charge in [-0.3, -0.25) is 0 Å². The van der Waals surface area contributed by atoms with Crippen LogP contribution in [0.3, 0.4) is 0 Å². The van der Waals surface area contributed by atoms with Gasteiger partial charge in [-0.05, 0) is 87.6 Å². The second-order valence-corrected chi connectivity index (χ2v) is 15.6. The van der Waals surface area contributed by atoms with Crippen LogP contribution in [0.5, 0.6) is 0 Å². The fraction of sp³-hybridized carbons (Fsp3) is 0. The molecule has 0 unspecified atom stereocenters. The summed E-state index contributed by atoms with van der Waals surface area (Å²) in [6, 6.07) is 83.1. The van der Waals surface area contributed by atoms with Gasteiger partial charge in [0, 0.05) is 38.4 Å². The van der Waals surface area contributed by atoms with E-state index in [1.807, 2.05) is 12.1 Å². The van der Waals surface area contributed by atoms with E-state index < -0.39 is 0 Å². The fourth-order valence-corrected chi connectivity index (χ4v) is 9.54. The Labute approximate surface area is 353 Å². The second kappa shape index (κ2) is 14.3. The molecule has 0 spiro atoms. The third kappa shape index (κ3) is 5.66. The van der Waals surface area contributed by atoms with Gasteiger partial charge in [0.05, 0.1) is 28.1 Å². The predicted octanol–water partition coefficient (Wildman–Crippen LogP) is 16.3. The van der Waals surface area contributed by atoms with Gasteiger partial charge >= 0.3 is 0 Å². The minimum atomic E-state index is 0.871. The smallest absolute Gasteiger partial charge is 0.136 e. The largest absolute Gasteiger partial charge is 0.456 e. The number of nitrogens with zero attached hydrogens (tertiary/aromatic N) is 2. The van der Waals surface area contributed by atoms with Crippen LogP contribution in [-0.2, 0) is 0 Å². The van der Waals surface area contributed by atoms with E-state index in [9.17, 15) is 0 Å². The van der Waals surface area contributed by atoms with E-state index in [0.717, 1.165) is 72.4 Å². The van der Waals surface area contributed by atoms with Crippen molar-refractivity contribution in [3.63, 3.8) is 0 Å². The number of anilines is 3. The monoisotopic (exact) mass is 778 g/mol. The first kappa shape index (κ1) is 34.9. The molecule has 12 aromatic rings. The van der Waals surface area contributed by atoms with E-state index in [1.54, 1.807) is 0 Å². The molecule has 10 aromatic carbocycles. The van der Waals surface area contributed by atoms with Crippen molar-refractivity contribution in [2.24, 2.45) is 0 Å². The Kier molecular flexibility index (Phi) is 8.17. The van der Waals surface area contributed by atoms with Crippen LogP contribution in [0, 0.1) is 0 Å². The third-order valence-corrected chi connectivity index (χ3v) is 12.2. The summed E-state index contributed by atoms with van der Waals surface area (Å²) in [6.45, 7) is 0. The lowest BCUT2D eigenvalue weighted by Gasteiger charge is -2.31. The van der Waals surface area contributed by atoms with Crippen molar-refractivity contribution in [1.29, 1.82) is 0 Å². The van der Waals surface area contributed by atoms with Crippen LogP contribution in [0.4, 0.5) is 17.1 Å². The summed E-state index contributed by atoms with van der Waals surface area (Å²) >= 11 is 0. The lowest BCUT2D eigenvalue weighted by Crippen LogP contribution is -2.14. The van der Waals surface area contributed by atoms with E-state index >= 15 is 0 Å². The summed E-state index contributed by atoms with van der Waals surface area (Å²) in [7, 11) is 0. The van der Waals surface area contributed by atoms with Gasteiger partial charge in [0.1, 0.15) is 11.2 Å². The minimum Gasteiger partial charge on any atom is -0.456 e. The van der Waals surface area contributed by atoms with Crippen LogP contribution in [0.1, 0.15) is 0 Å². The second-order valence-electron chi connectivity index (χ2n) is 15.6. The number of hydrogen-bond acceptors (Lipinski definition) is 2. The van der Waals surface area contributed by atoms with Crippen LogP contribution in [0.25, 0.3) is 93.6 Å². The van der Waals surface area contributed by atoms with Crippen LogP contribution >= 0.6 is 0 Å². The van der Waals surface area contributed by atoms with Gasteiger partial charge in [0.2, 0.25) is 0 Å². The predicted molar refractivity (Wildman–Crippen MR) is 257 cm³/mol. The number of benzene rings is 10. The van der Waals surface area contributed by atoms with E-state index in [1.165, 1.54) is 38.2 Å². The summed E-state index contributed by atoms with van der Waals surface area (Å²) in [4.78, 5) is 2.50. The number of rotatable bonds is 7. The van der Waals surface area contributed by atoms with E-state index in [2.05, 4.69) is 228 Å². The summed E-state index contributed by atoms with van der Waals surface area (Å²) in [6.07, 6.45) is 0. The zero-order valence-corrected chi connectivity index (χ0v) is 33.2. The Balaban J connectivity index is 1.18. The number of para-hydroxylation sites is 6. The summed E-state index contributed by atoms with van der Waals surface area (Å²) in [5, 5.41) is 7.06. The summed E-state index contributed by atoms with van der Waals surface area (Å²) < 4.78 is 8.92. The molecule has 0 N–H and O–H groups in total. The Hall–Kier alpha value is -8.14. The number of aromatic nitrogens is 1. The van der Waals surface area contributed by atoms with Crippen molar-refractivity contribution in [3.05, 3.63) is 231 Å². The zero-order valence-electron chi connectivity index (χ0n) is 33.2. The van der Waals surface area contributed by atoms with Crippen LogP contribution in [-0.4, -0.2) is 4.57 Å². The van der Waals surface area contributed by atoms with Crippen molar-refractivity contribution in [1.82, 2.24) is 4.57 Å². The van der Waals surface area contributed by atoms with Gasteiger partial charge in [-0.2, -0.15) is 0 Å². The Bertz CT molecular complexity index is 3590. The average molecular weight is 779 g/mol. The molecule has 2 heterocycles. The SMILES string of the molecule is c1ccc(-c2cccc3cccc(-c4ccccc4N(c4ccccc4-c4ccc5c(c4)oc4ccccc45)c4cccc5c6ccccc6n(-c6ccccc6)c45)c23)cc1. The van der Waals surface area contributed by atoms with Gasteiger partial charge < -0.3 is 13.9 Å². The first-order chi connectivity index (χ1) is 30.3. The molecule has 0 bridgehead atoms. The Morgan fingerprint density at radius 3 is 1.74 bits per heavy atom. The maximum atomic E-state index is 6.49. The quantitative estimate of drug-likeness (QED) is 0.161. The van der Waals surface area contributed by atoms with Crippen molar-refractivity contribution in [2.45, 2.75) is 0 Å².